The van der Waals surface area contributed by atoms with Crippen LogP contribution in [0.4, 0.5) is 0 Å². The van der Waals surface area contributed by atoms with Gasteiger partial charge in [0.15, 0.2) is 0 Å². The topological polar surface area (TPSA) is 0 Å². The third-order valence-corrected chi connectivity index (χ3v) is 4.18. The first-order chi connectivity index (χ1) is 5.40. The molecule has 0 bridgehead atoms. The summed E-state index contributed by atoms with van der Waals surface area (Å²) < 4.78 is 0. The van der Waals surface area contributed by atoms with Crippen molar-refractivity contribution in [2.24, 2.45) is 17.8 Å². The maximum Gasteiger partial charge on any atom is -0.0134 e. The van der Waals surface area contributed by atoms with Gasteiger partial charge in [0.1, 0.15) is 0 Å². The van der Waals surface area contributed by atoms with Crippen molar-refractivity contribution in [3.05, 3.63) is 11.1 Å². The molecule has 0 spiro atoms. The highest BCUT2D eigenvalue weighted by molar-refractivity contribution is 5.40. The lowest BCUT2D eigenvalue weighted by Crippen LogP contribution is -2.37. The van der Waals surface area contributed by atoms with Gasteiger partial charge in [-0.25, -0.2) is 0 Å². The second kappa shape index (κ2) is 1.91. The molecule has 0 heterocycles. The van der Waals surface area contributed by atoms with Crippen molar-refractivity contribution < 1.29 is 0 Å². The molecule has 2 atom stereocenters. The molecule has 3 aliphatic rings. The van der Waals surface area contributed by atoms with Crippen LogP contribution in [-0.2, 0) is 0 Å². The van der Waals surface area contributed by atoms with Crippen LogP contribution in [0, 0.1) is 17.8 Å². The summed E-state index contributed by atoms with van der Waals surface area (Å²) in [6.45, 7) is 2.35. The number of hydrogen-bond acceptors (Lipinski definition) is 0. The van der Waals surface area contributed by atoms with E-state index in [1.165, 1.54) is 32.1 Å². The molecule has 3 rings (SSSR count). The third kappa shape index (κ3) is 0.617. The predicted molar refractivity (Wildman–Crippen MR) is 46.3 cm³/mol. The van der Waals surface area contributed by atoms with Crippen LogP contribution in [0.25, 0.3) is 0 Å². The van der Waals surface area contributed by atoms with Gasteiger partial charge in [0.25, 0.3) is 0 Å². The molecule has 3 aliphatic carbocycles. The van der Waals surface area contributed by atoms with Crippen LogP contribution >= 0.6 is 0 Å². The summed E-state index contributed by atoms with van der Waals surface area (Å²) in [4.78, 5) is 0. The standard InChI is InChI=1S/C11H16/c1-2-7-5-10-8-3-4-9(8)11(10)6-7/h7-9H,2-6H2,1H3. The molecular weight excluding hydrogens is 132 g/mol. The van der Waals surface area contributed by atoms with Crippen LogP contribution in [0.5, 0.6) is 0 Å². The Morgan fingerprint density at radius 2 is 1.64 bits per heavy atom. The second-order valence-electron chi connectivity index (χ2n) is 4.52. The van der Waals surface area contributed by atoms with E-state index in [2.05, 4.69) is 6.92 Å². The maximum atomic E-state index is 2.35. The van der Waals surface area contributed by atoms with Gasteiger partial charge in [0.2, 0.25) is 0 Å². The summed E-state index contributed by atoms with van der Waals surface area (Å²) in [6, 6.07) is 0. The van der Waals surface area contributed by atoms with Gasteiger partial charge >= 0.3 is 0 Å². The van der Waals surface area contributed by atoms with Crippen LogP contribution in [0.2, 0.25) is 0 Å². The summed E-state index contributed by atoms with van der Waals surface area (Å²) in [5, 5.41) is 0. The first kappa shape index (κ1) is 6.28. The Hall–Kier alpha value is -0.260. The molecule has 1 saturated carbocycles. The van der Waals surface area contributed by atoms with E-state index < -0.39 is 0 Å². The van der Waals surface area contributed by atoms with Crippen LogP contribution in [0.3, 0.4) is 0 Å². The van der Waals surface area contributed by atoms with Gasteiger partial charge in [-0.05, 0) is 43.4 Å². The highest BCUT2D eigenvalue weighted by Gasteiger charge is 2.49. The van der Waals surface area contributed by atoms with Gasteiger partial charge in [-0.1, -0.05) is 24.5 Å². The minimum absolute atomic E-state index is 1.05. The second-order valence-corrected chi connectivity index (χ2v) is 4.52. The highest BCUT2D eigenvalue weighted by atomic mass is 14.5. The van der Waals surface area contributed by atoms with Crippen molar-refractivity contribution in [2.45, 2.75) is 39.0 Å². The Kier molecular flexibility index (Phi) is 1.09. The lowest BCUT2D eigenvalue weighted by Gasteiger charge is -2.48. The van der Waals surface area contributed by atoms with Gasteiger partial charge in [-0.2, -0.15) is 0 Å². The Labute approximate surface area is 68.7 Å². The zero-order chi connectivity index (χ0) is 7.42. The van der Waals surface area contributed by atoms with Gasteiger partial charge in [-0.15, -0.1) is 0 Å². The zero-order valence-electron chi connectivity index (χ0n) is 7.27. The average Bonchev–Trinajstić information content (AvgIpc) is 2.29. The van der Waals surface area contributed by atoms with E-state index in [1.54, 1.807) is 0 Å². The highest BCUT2D eigenvalue weighted by Crippen LogP contribution is 2.61. The van der Waals surface area contributed by atoms with Crippen LogP contribution in [0.1, 0.15) is 39.0 Å². The quantitative estimate of drug-likeness (QED) is 0.501. The first-order valence-electron chi connectivity index (χ1n) is 5.12. The molecule has 0 aromatic carbocycles. The number of rotatable bonds is 1. The fraction of sp³-hybridized carbons (Fsp3) is 0.818. The molecule has 0 radical (unpaired) electrons. The first-order valence-corrected chi connectivity index (χ1v) is 5.12. The van der Waals surface area contributed by atoms with E-state index >= 15 is 0 Å². The molecule has 2 unspecified atom stereocenters. The fourth-order valence-corrected chi connectivity index (χ4v) is 3.26. The van der Waals surface area contributed by atoms with Crippen molar-refractivity contribution in [3.63, 3.8) is 0 Å². The monoisotopic (exact) mass is 148 g/mol. The SMILES string of the molecule is CCC1CC2=C(C1)C1CCC21. The minimum Gasteiger partial charge on any atom is -0.0667 e. The van der Waals surface area contributed by atoms with Crippen molar-refractivity contribution in [1.29, 1.82) is 0 Å². The molecule has 0 aromatic heterocycles. The minimum atomic E-state index is 1.05. The number of hydrogen-bond donors (Lipinski definition) is 0. The van der Waals surface area contributed by atoms with E-state index in [1.807, 2.05) is 11.1 Å². The van der Waals surface area contributed by atoms with Gasteiger partial charge in [0.05, 0.1) is 0 Å². The van der Waals surface area contributed by atoms with Crippen molar-refractivity contribution in [1.82, 2.24) is 0 Å². The van der Waals surface area contributed by atoms with E-state index in [-0.39, 0.29) is 0 Å². The summed E-state index contributed by atoms with van der Waals surface area (Å²) in [7, 11) is 0. The zero-order valence-corrected chi connectivity index (χ0v) is 7.27. The Morgan fingerprint density at radius 1 is 1.09 bits per heavy atom. The molecule has 0 aromatic rings. The van der Waals surface area contributed by atoms with Crippen molar-refractivity contribution >= 4 is 0 Å². The van der Waals surface area contributed by atoms with Crippen LogP contribution in [0.15, 0.2) is 11.1 Å². The molecule has 11 heavy (non-hydrogen) atoms. The number of allylic oxidation sites excluding steroid dienone is 2. The van der Waals surface area contributed by atoms with E-state index in [4.69, 9.17) is 0 Å². The summed E-state index contributed by atoms with van der Waals surface area (Å²) in [5.41, 5.74) is 3.82. The normalized spacial score (nSPS) is 46.1. The number of fused-ring (bicyclic) bond motifs is 3. The molecule has 0 saturated heterocycles. The van der Waals surface area contributed by atoms with Crippen molar-refractivity contribution in [2.75, 3.05) is 0 Å². The molecule has 0 nitrogen and oxygen atoms in total. The smallest absolute Gasteiger partial charge is 0.0134 e. The summed E-state index contributed by atoms with van der Waals surface area (Å²) in [6.07, 6.45) is 7.42. The molecule has 60 valence electrons. The lowest BCUT2D eigenvalue weighted by molar-refractivity contribution is 0.204. The van der Waals surface area contributed by atoms with E-state index in [9.17, 15) is 0 Å². The average molecular weight is 148 g/mol. The van der Waals surface area contributed by atoms with E-state index in [0.717, 1.165) is 17.8 Å². The van der Waals surface area contributed by atoms with Gasteiger partial charge in [-0.3, -0.25) is 0 Å². The molecule has 0 amide bonds. The lowest BCUT2D eigenvalue weighted by atomic mass is 9.57. The molecule has 0 N–H and O–H groups in total. The Morgan fingerprint density at radius 3 is 2.00 bits per heavy atom. The van der Waals surface area contributed by atoms with Gasteiger partial charge < -0.3 is 0 Å². The summed E-state index contributed by atoms with van der Waals surface area (Å²) in [5.74, 6) is 3.24. The molecule has 0 heteroatoms. The molecule has 1 fully saturated rings. The van der Waals surface area contributed by atoms with E-state index in [0.29, 0.717) is 0 Å². The fourth-order valence-electron chi connectivity index (χ4n) is 3.26. The van der Waals surface area contributed by atoms with Crippen LogP contribution < -0.4 is 0 Å². The Balaban J connectivity index is 1.81. The molecular formula is C11H16. The predicted octanol–water partition coefficient (Wildman–Crippen LogP) is 3.14. The van der Waals surface area contributed by atoms with Crippen LogP contribution in [-0.4, -0.2) is 0 Å². The Bertz CT molecular complexity index is 202. The van der Waals surface area contributed by atoms with Crippen molar-refractivity contribution in [3.8, 4) is 0 Å². The third-order valence-electron chi connectivity index (χ3n) is 4.18. The largest absolute Gasteiger partial charge is 0.0667 e. The maximum absolute atomic E-state index is 2.35. The van der Waals surface area contributed by atoms with Gasteiger partial charge in [0, 0.05) is 0 Å². The molecule has 0 aliphatic heterocycles. The summed E-state index contributed by atoms with van der Waals surface area (Å²) >= 11 is 0.